The van der Waals surface area contributed by atoms with Gasteiger partial charge in [-0.15, -0.1) is 11.8 Å². The second-order valence-electron chi connectivity index (χ2n) is 5.28. The number of aliphatic carboxylic acids is 2. The van der Waals surface area contributed by atoms with Crippen LogP contribution in [0.1, 0.15) is 21.9 Å². The molecule has 0 fully saturated rings. The van der Waals surface area contributed by atoms with Crippen molar-refractivity contribution in [2.45, 2.75) is 23.8 Å². The van der Waals surface area contributed by atoms with E-state index in [4.69, 9.17) is 0 Å². The topological polar surface area (TPSA) is 74.6 Å². The molecule has 4 nitrogen and oxygen atoms in total. The van der Waals surface area contributed by atoms with E-state index in [1.165, 1.54) is 0 Å². The Morgan fingerprint density at radius 3 is 2.09 bits per heavy atom. The minimum absolute atomic E-state index is 0.289. The van der Waals surface area contributed by atoms with Gasteiger partial charge in [0.25, 0.3) is 0 Å². The van der Waals surface area contributed by atoms with Crippen molar-refractivity contribution < 1.29 is 19.8 Å². The molecule has 2 aromatic rings. The Bertz CT molecular complexity index is 667. The highest BCUT2D eigenvalue weighted by Crippen LogP contribution is 2.34. The van der Waals surface area contributed by atoms with Crippen LogP contribution in [0.4, 0.5) is 0 Å². The molecule has 0 heterocycles. The zero-order valence-corrected chi connectivity index (χ0v) is 13.5. The van der Waals surface area contributed by atoms with E-state index in [1.807, 2.05) is 31.2 Å². The monoisotopic (exact) mass is 330 g/mol. The van der Waals surface area contributed by atoms with Crippen molar-refractivity contribution in [3.63, 3.8) is 0 Å². The fraction of sp³-hybridized carbons (Fsp3) is 0.222. The lowest BCUT2D eigenvalue weighted by molar-refractivity contribution is -0.136. The summed E-state index contributed by atoms with van der Waals surface area (Å²) in [6.07, 6.45) is 0.289. The summed E-state index contributed by atoms with van der Waals surface area (Å²) in [6, 6.07) is 16.3. The third-order valence-corrected chi connectivity index (χ3v) is 4.89. The van der Waals surface area contributed by atoms with Crippen LogP contribution in [0.25, 0.3) is 0 Å². The van der Waals surface area contributed by atoms with Gasteiger partial charge in [-0.1, -0.05) is 60.2 Å². The van der Waals surface area contributed by atoms with Crippen molar-refractivity contribution in [1.82, 2.24) is 0 Å². The van der Waals surface area contributed by atoms with Crippen LogP contribution < -0.4 is 0 Å². The molecule has 2 unspecified atom stereocenters. The molecule has 5 heteroatoms. The molecular formula is C18H18O4S. The summed E-state index contributed by atoms with van der Waals surface area (Å²) in [5.41, 5.74) is 2.58. The summed E-state index contributed by atoms with van der Waals surface area (Å²) in [4.78, 5) is 23.1. The Morgan fingerprint density at radius 1 is 0.957 bits per heavy atom. The maximum Gasteiger partial charge on any atom is 0.321 e. The Hall–Kier alpha value is -2.27. The minimum atomic E-state index is -1.03. The van der Waals surface area contributed by atoms with E-state index in [9.17, 15) is 19.8 Å². The first-order valence-corrected chi connectivity index (χ1v) is 8.13. The van der Waals surface area contributed by atoms with Gasteiger partial charge in [-0.2, -0.15) is 0 Å². The number of rotatable bonds is 7. The molecular weight excluding hydrogens is 312 g/mol. The molecule has 2 N–H and O–H groups in total. The molecule has 2 atom stereocenters. The third-order valence-electron chi connectivity index (χ3n) is 3.44. The number of hydrogen-bond acceptors (Lipinski definition) is 3. The number of benzene rings is 2. The maximum absolute atomic E-state index is 11.5. The Balaban J connectivity index is 2.18. The summed E-state index contributed by atoms with van der Waals surface area (Å²) >= 11 is 0.959. The number of carboxylic acids is 2. The predicted octanol–water partition coefficient (Wildman–Crippen LogP) is 3.55. The van der Waals surface area contributed by atoms with Crippen LogP contribution in [-0.2, 0) is 16.0 Å². The van der Waals surface area contributed by atoms with Crippen molar-refractivity contribution in [2.24, 2.45) is 0 Å². The number of aryl methyl sites for hydroxylation is 1. The largest absolute Gasteiger partial charge is 0.480 e. The molecule has 0 aliphatic carbocycles. The number of hydrogen-bond donors (Lipinski definition) is 2. The predicted molar refractivity (Wildman–Crippen MR) is 90.7 cm³/mol. The average Bonchev–Trinajstić information content (AvgIpc) is 2.53. The lowest BCUT2D eigenvalue weighted by Crippen LogP contribution is -2.23. The molecule has 2 rings (SSSR count). The van der Waals surface area contributed by atoms with Gasteiger partial charge in [0.1, 0.15) is 10.5 Å². The van der Waals surface area contributed by atoms with E-state index in [1.54, 1.807) is 30.3 Å². The van der Waals surface area contributed by atoms with Gasteiger partial charge in [-0.3, -0.25) is 9.59 Å². The zero-order valence-electron chi connectivity index (χ0n) is 12.7. The van der Waals surface area contributed by atoms with Crippen molar-refractivity contribution in [3.05, 3.63) is 71.3 Å². The first-order valence-electron chi connectivity index (χ1n) is 7.19. The van der Waals surface area contributed by atoms with E-state index in [-0.39, 0.29) is 6.42 Å². The number of carbonyl (C=O) groups is 2. The molecule has 0 saturated heterocycles. The lowest BCUT2D eigenvalue weighted by atomic mass is 10.1. The van der Waals surface area contributed by atoms with Gasteiger partial charge in [-0.05, 0) is 24.5 Å². The molecule has 0 aliphatic heterocycles. The van der Waals surface area contributed by atoms with Crippen LogP contribution in [-0.4, -0.2) is 27.4 Å². The van der Waals surface area contributed by atoms with Crippen LogP contribution in [0, 0.1) is 6.92 Å². The molecule has 2 aromatic carbocycles. The van der Waals surface area contributed by atoms with Crippen molar-refractivity contribution in [3.8, 4) is 0 Å². The molecule has 0 aromatic heterocycles. The zero-order chi connectivity index (χ0) is 16.8. The van der Waals surface area contributed by atoms with Gasteiger partial charge >= 0.3 is 11.9 Å². The number of carboxylic acid groups (broad SMARTS) is 2. The minimum Gasteiger partial charge on any atom is -0.480 e. The van der Waals surface area contributed by atoms with Crippen molar-refractivity contribution in [2.75, 3.05) is 0 Å². The summed E-state index contributed by atoms with van der Waals surface area (Å²) in [6.45, 7) is 1.96. The third kappa shape index (κ3) is 4.86. The summed E-state index contributed by atoms with van der Waals surface area (Å²) in [5.74, 6) is -2.03. The fourth-order valence-corrected chi connectivity index (χ4v) is 3.37. The van der Waals surface area contributed by atoms with Crippen molar-refractivity contribution >= 4 is 23.7 Å². The quantitative estimate of drug-likeness (QED) is 0.812. The smallest absolute Gasteiger partial charge is 0.321 e. The highest BCUT2D eigenvalue weighted by molar-refractivity contribution is 8.01. The summed E-state index contributed by atoms with van der Waals surface area (Å²) < 4.78 is 0. The molecule has 0 bridgehead atoms. The van der Waals surface area contributed by atoms with E-state index in [2.05, 4.69) is 0 Å². The SMILES string of the molecule is Cc1ccc(CC(SC(C(=O)O)c2ccccc2)C(=O)O)cc1. The van der Waals surface area contributed by atoms with E-state index in [0.717, 1.165) is 22.9 Å². The lowest BCUT2D eigenvalue weighted by Gasteiger charge is -2.18. The molecule has 0 saturated carbocycles. The van der Waals surface area contributed by atoms with Crippen LogP contribution in [0.3, 0.4) is 0 Å². The second-order valence-corrected chi connectivity index (χ2v) is 6.59. The van der Waals surface area contributed by atoms with Crippen molar-refractivity contribution in [1.29, 1.82) is 0 Å². The van der Waals surface area contributed by atoms with E-state index in [0.29, 0.717) is 5.56 Å². The van der Waals surface area contributed by atoms with Crippen LogP contribution >= 0.6 is 11.8 Å². The molecule has 0 aliphatic rings. The molecule has 0 radical (unpaired) electrons. The van der Waals surface area contributed by atoms with Gasteiger partial charge in [-0.25, -0.2) is 0 Å². The van der Waals surface area contributed by atoms with Gasteiger partial charge in [0.15, 0.2) is 0 Å². The Morgan fingerprint density at radius 2 is 1.57 bits per heavy atom. The molecule has 0 spiro atoms. The van der Waals surface area contributed by atoms with E-state index < -0.39 is 22.4 Å². The standard InChI is InChI=1S/C18H18O4S/c1-12-7-9-13(10-8-12)11-15(17(19)20)23-16(18(21)22)14-5-3-2-4-6-14/h2-10,15-16H,11H2,1H3,(H,19,20)(H,21,22). The first-order chi connectivity index (χ1) is 11.0. The maximum atomic E-state index is 11.5. The summed E-state index contributed by atoms with van der Waals surface area (Å²) in [5, 5.41) is 17.2. The highest BCUT2D eigenvalue weighted by atomic mass is 32.2. The van der Waals surface area contributed by atoms with E-state index >= 15 is 0 Å². The summed E-state index contributed by atoms with van der Waals surface area (Å²) in [7, 11) is 0. The fourth-order valence-electron chi connectivity index (χ4n) is 2.20. The number of thioether (sulfide) groups is 1. The van der Waals surface area contributed by atoms with Gasteiger partial charge < -0.3 is 10.2 Å². The highest BCUT2D eigenvalue weighted by Gasteiger charge is 2.29. The molecule has 0 amide bonds. The second kappa shape index (κ2) is 7.83. The van der Waals surface area contributed by atoms with Gasteiger partial charge in [0.2, 0.25) is 0 Å². The van der Waals surface area contributed by atoms with Gasteiger partial charge in [0, 0.05) is 0 Å². The first kappa shape index (κ1) is 17.1. The average molecular weight is 330 g/mol. The van der Waals surface area contributed by atoms with Gasteiger partial charge in [0.05, 0.1) is 0 Å². The molecule has 23 heavy (non-hydrogen) atoms. The van der Waals surface area contributed by atoms with Crippen LogP contribution in [0.5, 0.6) is 0 Å². The normalized spacial score (nSPS) is 13.3. The van der Waals surface area contributed by atoms with Crippen LogP contribution in [0.15, 0.2) is 54.6 Å². The molecule has 120 valence electrons. The van der Waals surface area contributed by atoms with Crippen LogP contribution in [0.2, 0.25) is 0 Å². The Labute approximate surface area is 139 Å². The Kier molecular flexibility index (Phi) is 5.82.